The van der Waals surface area contributed by atoms with Gasteiger partial charge >= 0.3 is 0 Å². The van der Waals surface area contributed by atoms with Crippen molar-refractivity contribution in [1.29, 1.82) is 0 Å². The van der Waals surface area contributed by atoms with Gasteiger partial charge in [0, 0.05) is 13.1 Å². The lowest BCUT2D eigenvalue weighted by atomic mass is 10.3. The molecule has 6 heteroatoms. The summed E-state index contributed by atoms with van der Waals surface area (Å²) in [5.74, 6) is 0.363. The second kappa shape index (κ2) is 8.24. The lowest BCUT2D eigenvalue weighted by Crippen LogP contribution is -2.42. The van der Waals surface area contributed by atoms with E-state index in [4.69, 9.17) is 4.74 Å². The quantitative estimate of drug-likeness (QED) is 0.781. The van der Waals surface area contributed by atoms with Crippen molar-refractivity contribution in [3.05, 3.63) is 28.7 Å². The molecule has 20 heavy (non-hydrogen) atoms. The summed E-state index contributed by atoms with van der Waals surface area (Å²) in [4.78, 5) is 13.7. The number of benzene rings is 1. The number of amides is 1. The van der Waals surface area contributed by atoms with Crippen LogP contribution in [0.1, 0.15) is 6.92 Å². The highest BCUT2D eigenvalue weighted by molar-refractivity contribution is 9.10. The Bertz CT molecular complexity index is 440. The molecule has 2 atom stereocenters. The maximum atomic E-state index is 11.9. The minimum atomic E-state index is -0.625. The summed E-state index contributed by atoms with van der Waals surface area (Å²) in [6.45, 7) is 2.38. The number of ether oxygens (including phenoxy) is 1. The number of carbonyl (C=O) groups is 1. The second-order valence-corrected chi connectivity index (χ2v) is 5.71. The fraction of sp³-hybridized carbons (Fsp3) is 0.500. The molecule has 1 rings (SSSR count). The van der Waals surface area contributed by atoms with Crippen LogP contribution in [0.5, 0.6) is 5.75 Å². The Labute approximate surface area is 128 Å². The van der Waals surface area contributed by atoms with Crippen molar-refractivity contribution in [3.8, 4) is 5.75 Å². The minimum absolute atomic E-state index is 0.209. The molecule has 1 amide bonds. The molecule has 0 fully saturated rings. The van der Waals surface area contributed by atoms with Crippen LogP contribution in [0.15, 0.2) is 28.7 Å². The Morgan fingerprint density at radius 3 is 2.70 bits per heavy atom. The van der Waals surface area contributed by atoms with E-state index in [1.165, 1.54) is 0 Å². The van der Waals surface area contributed by atoms with Gasteiger partial charge < -0.3 is 20.1 Å². The molecule has 0 heterocycles. The molecule has 5 nitrogen and oxygen atoms in total. The van der Waals surface area contributed by atoms with Gasteiger partial charge in [-0.2, -0.15) is 0 Å². The lowest BCUT2D eigenvalue weighted by molar-refractivity contribution is -0.127. The van der Waals surface area contributed by atoms with E-state index in [-0.39, 0.29) is 12.5 Å². The van der Waals surface area contributed by atoms with Gasteiger partial charge in [0.1, 0.15) is 5.75 Å². The number of carbonyl (C=O) groups excluding carboxylic acids is 1. The SMILES string of the molecule is CC(Oc1ccccc1Br)C(=O)NCC(O)CN(C)C. The Hall–Kier alpha value is -1.11. The fourth-order valence-electron chi connectivity index (χ4n) is 1.63. The average Bonchev–Trinajstić information content (AvgIpc) is 2.37. The highest BCUT2D eigenvalue weighted by atomic mass is 79.9. The molecule has 0 spiro atoms. The van der Waals surface area contributed by atoms with Gasteiger partial charge in [0.05, 0.1) is 10.6 Å². The monoisotopic (exact) mass is 344 g/mol. The van der Waals surface area contributed by atoms with Gasteiger partial charge in [-0.25, -0.2) is 0 Å². The minimum Gasteiger partial charge on any atom is -0.480 e. The number of rotatable bonds is 7. The Morgan fingerprint density at radius 2 is 2.10 bits per heavy atom. The molecule has 0 saturated carbocycles. The van der Waals surface area contributed by atoms with Crippen LogP contribution in [0, 0.1) is 0 Å². The van der Waals surface area contributed by atoms with Crippen molar-refractivity contribution in [2.45, 2.75) is 19.1 Å². The van der Waals surface area contributed by atoms with Crippen molar-refractivity contribution in [2.24, 2.45) is 0 Å². The second-order valence-electron chi connectivity index (χ2n) is 4.85. The first-order chi connectivity index (χ1) is 9.40. The van der Waals surface area contributed by atoms with Gasteiger partial charge in [-0.05, 0) is 49.1 Å². The predicted molar refractivity (Wildman–Crippen MR) is 81.8 cm³/mol. The molecule has 2 N–H and O–H groups in total. The molecule has 2 unspecified atom stereocenters. The highest BCUT2D eigenvalue weighted by Gasteiger charge is 2.16. The van der Waals surface area contributed by atoms with Crippen molar-refractivity contribution in [1.82, 2.24) is 10.2 Å². The highest BCUT2D eigenvalue weighted by Crippen LogP contribution is 2.24. The van der Waals surface area contributed by atoms with Crippen molar-refractivity contribution in [3.63, 3.8) is 0 Å². The third kappa shape index (κ3) is 5.90. The first-order valence-electron chi connectivity index (χ1n) is 6.42. The number of halogens is 1. The Morgan fingerprint density at radius 1 is 1.45 bits per heavy atom. The van der Waals surface area contributed by atoms with E-state index < -0.39 is 12.2 Å². The van der Waals surface area contributed by atoms with Crippen molar-refractivity contribution >= 4 is 21.8 Å². The molecule has 0 radical (unpaired) electrons. The lowest BCUT2D eigenvalue weighted by Gasteiger charge is -2.19. The number of nitrogens with zero attached hydrogens (tertiary/aromatic N) is 1. The van der Waals surface area contributed by atoms with Crippen molar-refractivity contribution < 1.29 is 14.6 Å². The van der Waals surface area contributed by atoms with E-state index in [0.717, 1.165) is 4.47 Å². The van der Waals surface area contributed by atoms with Crippen LogP contribution in [0.3, 0.4) is 0 Å². The third-order valence-corrected chi connectivity index (χ3v) is 3.25. The molecular weight excluding hydrogens is 324 g/mol. The molecule has 112 valence electrons. The summed E-state index contributed by atoms with van der Waals surface area (Å²) in [6.07, 6.45) is -1.22. The third-order valence-electron chi connectivity index (χ3n) is 2.60. The van der Waals surface area contributed by atoms with E-state index in [1.807, 2.05) is 37.2 Å². The summed E-state index contributed by atoms with van der Waals surface area (Å²) in [5.41, 5.74) is 0. The largest absolute Gasteiger partial charge is 0.480 e. The number of hydrogen-bond acceptors (Lipinski definition) is 4. The number of aliphatic hydroxyl groups is 1. The van der Waals surface area contributed by atoms with Crippen LogP contribution in [0.25, 0.3) is 0 Å². The van der Waals surface area contributed by atoms with Gasteiger partial charge in [0.2, 0.25) is 0 Å². The molecule has 0 aliphatic heterocycles. The van der Waals surface area contributed by atoms with Crippen LogP contribution in [-0.4, -0.2) is 55.3 Å². The maximum Gasteiger partial charge on any atom is 0.260 e. The molecule has 0 aliphatic rings. The number of likely N-dealkylation sites (N-methyl/N-ethyl adjacent to an activating group) is 1. The summed E-state index contributed by atoms with van der Waals surface area (Å²) >= 11 is 3.36. The van der Waals surface area contributed by atoms with Gasteiger partial charge in [-0.3, -0.25) is 4.79 Å². The maximum absolute atomic E-state index is 11.9. The topological polar surface area (TPSA) is 61.8 Å². The van der Waals surface area contributed by atoms with E-state index in [9.17, 15) is 9.90 Å². The smallest absolute Gasteiger partial charge is 0.260 e. The number of para-hydroxylation sites is 1. The molecule has 1 aromatic carbocycles. The molecule has 0 saturated heterocycles. The van der Waals surface area contributed by atoms with E-state index in [0.29, 0.717) is 12.3 Å². The number of hydrogen-bond donors (Lipinski definition) is 2. The van der Waals surface area contributed by atoms with Crippen LogP contribution >= 0.6 is 15.9 Å². The average molecular weight is 345 g/mol. The zero-order valence-electron chi connectivity index (χ0n) is 12.0. The van der Waals surface area contributed by atoms with Crippen LogP contribution < -0.4 is 10.1 Å². The normalized spacial score (nSPS) is 13.9. The van der Waals surface area contributed by atoms with Crippen molar-refractivity contribution in [2.75, 3.05) is 27.2 Å². The van der Waals surface area contributed by atoms with E-state index in [2.05, 4.69) is 21.2 Å². The molecule has 0 aliphatic carbocycles. The summed E-state index contributed by atoms with van der Waals surface area (Å²) in [6, 6.07) is 7.35. The Balaban J connectivity index is 2.42. The molecular formula is C14H21BrN2O3. The standard InChI is InChI=1S/C14H21BrN2O3/c1-10(20-13-7-5-4-6-12(13)15)14(19)16-8-11(18)9-17(2)3/h4-7,10-11,18H,8-9H2,1-3H3,(H,16,19). The Kier molecular flexibility index (Phi) is 6.98. The predicted octanol–water partition coefficient (Wildman–Crippen LogP) is 1.26. The first-order valence-corrected chi connectivity index (χ1v) is 7.21. The summed E-state index contributed by atoms with van der Waals surface area (Å²) in [5, 5.41) is 12.4. The first kappa shape index (κ1) is 16.9. The number of nitrogens with one attached hydrogen (secondary N) is 1. The molecule has 0 aromatic heterocycles. The zero-order chi connectivity index (χ0) is 15.1. The molecule has 1 aromatic rings. The summed E-state index contributed by atoms with van der Waals surface area (Å²) in [7, 11) is 3.73. The van der Waals surface area contributed by atoms with Crippen LogP contribution in [0.4, 0.5) is 0 Å². The van der Waals surface area contributed by atoms with Gasteiger partial charge in [0.25, 0.3) is 5.91 Å². The van der Waals surface area contributed by atoms with E-state index >= 15 is 0 Å². The van der Waals surface area contributed by atoms with Crippen LogP contribution in [0.2, 0.25) is 0 Å². The fourth-order valence-corrected chi connectivity index (χ4v) is 2.01. The van der Waals surface area contributed by atoms with E-state index in [1.54, 1.807) is 13.0 Å². The summed E-state index contributed by atoms with van der Waals surface area (Å²) < 4.78 is 6.37. The zero-order valence-corrected chi connectivity index (χ0v) is 13.6. The van der Waals surface area contributed by atoms with Gasteiger partial charge in [0.15, 0.2) is 6.10 Å². The van der Waals surface area contributed by atoms with Gasteiger partial charge in [-0.15, -0.1) is 0 Å². The number of aliphatic hydroxyl groups excluding tert-OH is 1. The van der Waals surface area contributed by atoms with Gasteiger partial charge in [-0.1, -0.05) is 12.1 Å². The molecule has 0 bridgehead atoms. The van der Waals surface area contributed by atoms with Crippen LogP contribution in [-0.2, 0) is 4.79 Å².